The summed E-state index contributed by atoms with van der Waals surface area (Å²) < 4.78 is 11.0. The molecule has 1 aliphatic carbocycles. The Hall–Kier alpha value is -3.92. The second-order valence-electron chi connectivity index (χ2n) is 13.8. The fraction of sp³-hybridized carbons (Fsp3) is 0.543. The van der Waals surface area contributed by atoms with Crippen molar-refractivity contribution in [2.75, 3.05) is 6.61 Å². The van der Waals surface area contributed by atoms with Crippen LogP contribution in [0.3, 0.4) is 0 Å². The summed E-state index contributed by atoms with van der Waals surface area (Å²) >= 11 is 0. The summed E-state index contributed by atoms with van der Waals surface area (Å²) in [5, 5.41) is 15.7. The van der Waals surface area contributed by atoms with Crippen LogP contribution in [-0.4, -0.2) is 69.8 Å². The number of alkyl carbamates (subject to hydrolysis) is 1. The predicted molar refractivity (Wildman–Crippen MR) is 171 cm³/mol. The van der Waals surface area contributed by atoms with Crippen LogP contribution in [0, 0.1) is 13.8 Å². The van der Waals surface area contributed by atoms with Crippen LogP contribution in [0.15, 0.2) is 48.5 Å². The number of carbonyl (C=O) groups is 4. The van der Waals surface area contributed by atoms with E-state index in [0.29, 0.717) is 18.4 Å². The standard InChI is InChI=1S/C35H49N3O7/c1-22-17-18-23(2)26(19-22)29(30(40)36-27(32(42)44-34(3,4)5)20-24-13-10-9-11-14-24)38(25-15-12-16-25)31(41)28(21-39)37-33(43)45-35(6,7)8/h9-11,13-14,17-19,25,27-29,39H,12,15-16,20-21H2,1-8H3,(H,36,40)(H,37,43). The van der Waals surface area contributed by atoms with E-state index in [9.17, 15) is 24.3 Å². The topological polar surface area (TPSA) is 134 Å². The molecular weight excluding hydrogens is 574 g/mol. The number of aliphatic hydroxyl groups excluding tert-OH is 1. The number of benzene rings is 2. The van der Waals surface area contributed by atoms with Crippen LogP contribution in [0.25, 0.3) is 0 Å². The maximum Gasteiger partial charge on any atom is 0.408 e. The van der Waals surface area contributed by atoms with Crippen LogP contribution in [0.1, 0.15) is 89.1 Å². The van der Waals surface area contributed by atoms with Crippen molar-refractivity contribution in [2.24, 2.45) is 0 Å². The molecule has 0 aromatic heterocycles. The summed E-state index contributed by atoms with van der Waals surface area (Å²) in [5.74, 6) is -1.78. The zero-order valence-corrected chi connectivity index (χ0v) is 27.8. The van der Waals surface area contributed by atoms with Gasteiger partial charge in [-0.25, -0.2) is 9.59 Å². The Morgan fingerprint density at radius 2 is 1.51 bits per heavy atom. The Balaban J connectivity index is 2.06. The van der Waals surface area contributed by atoms with Crippen molar-refractivity contribution in [3.63, 3.8) is 0 Å². The first-order chi connectivity index (χ1) is 21.0. The van der Waals surface area contributed by atoms with Gasteiger partial charge in [-0.2, -0.15) is 0 Å². The monoisotopic (exact) mass is 623 g/mol. The molecule has 0 radical (unpaired) electrons. The third kappa shape index (κ3) is 10.3. The van der Waals surface area contributed by atoms with Gasteiger partial charge < -0.3 is 30.1 Å². The maximum atomic E-state index is 14.5. The molecule has 1 fully saturated rings. The molecule has 3 atom stereocenters. The van der Waals surface area contributed by atoms with E-state index < -0.39 is 59.8 Å². The average Bonchev–Trinajstić information content (AvgIpc) is 2.90. The first-order valence-electron chi connectivity index (χ1n) is 15.6. The van der Waals surface area contributed by atoms with E-state index in [0.717, 1.165) is 23.1 Å². The number of ether oxygens (including phenoxy) is 2. The lowest BCUT2D eigenvalue weighted by atomic mass is 9.87. The van der Waals surface area contributed by atoms with Gasteiger partial charge in [0.1, 0.15) is 29.3 Å². The lowest BCUT2D eigenvalue weighted by Crippen LogP contribution is -2.59. The fourth-order valence-electron chi connectivity index (χ4n) is 5.14. The number of hydrogen-bond acceptors (Lipinski definition) is 7. The van der Waals surface area contributed by atoms with E-state index in [2.05, 4.69) is 10.6 Å². The first kappa shape index (κ1) is 35.6. The molecule has 3 rings (SSSR count). The smallest absolute Gasteiger partial charge is 0.408 e. The summed E-state index contributed by atoms with van der Waals surface area (Å²) in [6.45, 7) is 13.4. The third-order valence-electron chi connectivity index (χ3n) is 7.44. The second kappa shape index (κ2) is 14.9. The summed E-state index contributed by atoms with van der Waals surface area (Å²) in [5.41, 5.74) is 1.45. The summed E-state index contributed by atoms with van der Waals surface area (Å²) in [6.07, 6.45) is 1.46. The van der Waals surface area contributed by atoms with E-state index >= 15 is 0 Å². The summed E-state index contributed by atoms with van der Waals surface area (Å²) in [4.78, 5) is 56.3. The van der Waals surface area contributed by atoms with Crippen LogP contribution in [0.4, 0.5) is 4.79 Å². The third-order valence-corrected chi connectivity index (χ3v) is 7.44. The Bertz CT molecular complexity index is 1340. The average molecular weight is 624 g/mol. The van der Waals surface area contributed by atoms with Gasteiger partial charge in [0.15, 0.2) is 0 Å². The highest BCUT2D eigenvalue weighted by Crippen LogP contribution is 2.35. The van der Waals surface area contributed by atoms with Gasteiger partial charge in [0.25, 0.3) is 0 Å². The highest BCUT2D eigenvalue weighted by Gasteiger charge is 2.43. The normalized spacial score (nSPS) is 15.6. The minimum Gasteiger partial charge on any atom is -0.458 e. The van der Waals surface area contributed by atoms with Crippen molar-refractivity contribution in [3.8, 4) is 0 Å². The van der Waals surface area contributed by atoms with Crippen molar-refractivity contribution >= 4 is 23.9 Å². The predicted octanol–water partition coefficient (Wildman–Crippen LogP) is 4.68. The minimum atomic E-state index is -1.35. The molecule has 3 unspecified atom stereocenters. The van der Waals surface area contributed by atoms with Crippen molar-refractivity contribution < 1.29 is 33.8 Å². The summed E-state index contributed by atoms with van der Waals surface area (Å²) in [7, 11) is 0. The molecular formula is C35H49N3O7. The van der Waals surface area contributed by atoms with Crippen LogP contribution in [0.5, 0.6) is 0 Å². The van der Waals surface area contributed by atoms with Crippen molar-refractivity contribution in [1.82, 2.24) is 15.5 Å². The van der Waals surface area contributed by atoms with E-state index in [1.54, 1.807) is 41.5 Å². The van der Waals surface area contributed by atoms with E-state index in [4.69, 9.17) is 9.47 Å². The molecule has 246 valence electrons. The van der Waals surface area contributed by atoms with Crippen molar-refractivity contribution in [1.29, 1.82) is 0 Å². The molecule has 0 heterocycles. The number of esters is 1. The summed E-state index contributed by atoms with van der Waals surface area (Å²) in [6, 6.07) is 11.1. The number of carbonyl (C=O) groups excluding carboxylic acids is 4. The molecule has 0 aliphatic heterocycles. The van der Waals surface area contributed by atoms with Crippen LogP contribution in [0.2, 0.25) is 0 Å². The van der Waals surface area contributed by atoms with Gasteiger partial charge in [-0.1, -0.05) is 54.1 Å². The molecule has 2 aromatic carbocycles. The molecule has 10 heteroatoms. The van der Waals surface area contributed by atoms with Gasteiger partial charge in [-0.05, 0) is 91.3 Å². The number of rotatable bonds is 11. The molecule has 1 saturated carbocycles. The number of nitrogens with zero attached hydrogens (tertiary/aromatic N) is 1. The Labute approximate surface area is 266 Å². The minimum absolute atomic E-state index is 0.178. The molecule has 0 spiro atoms. The molecule has 2 aromatic rings. The lowest BCUT2D eigenvalue weighted by molar-refractivity contribution is -0.159. The van der Waals surface area contributed by atoms with Crippen LogP contribution >= 0.6 is 0 Å². The Morgan fingerprint density at radius 3 is 2.04 bits per heavy atom. The zero-order chi connectivity index (χ0) is 33.5. The molecule has 3 N–H and O–H groups in total. The van der Waals surface area contributed by atoms with Crippen molar-refractivity contribution in [3.05, 3.63) is 70.8 Å². The van der Waals surface area contributed by atoms with Crippen LogP contribution in [-0.2, 0) is 30.3 Å². The molecule has 0 bridgehead atoms. The van der Waals surface area contributed by atoms with Gasteiger partial charge in [0, 0.05) is 12.5 Å². The Kier molecular flexibility index (Phi) is 11.8. The number of amides is 3. The SMILES string of the molecule is Cc1ccc(C)c(C(C(=O)NC(Cc2ccccc2)C(=O)OC(C)(C)C)N(C(=O)C(CO)NC(=O)OC(C)(C)C)C2CCC2)c1. The highest BCUT2D eigenvalue weighted by molar-refractivity contribution is 5.94. The lowest BCUT2D eigenvalue weighted by Gasteiger charge is -2.44. The van der Waals surface area contributed by atoms with Gasteiger partial charge >= 0.3 is 12.1 Å². The number of hydrogen-bond donors (Lipinski definition) is 3. The molecule has 45 heavy (non-hydrogen) atoms. The van der Waals surface area contributed by atoms with Gasteiger partial charge in [0.05, 0.1) is 6.61 Å². The zero-order valence-electron chi connectivity index (χ0n) is 27.8. The molecule has 1 aliphatic rings. The second-order valence-corrected chi connectivity index (χ2v) is 13.8. The van der Waals surface area contributed by atoms with E-state index in [1.165, 1.54) is 4.90 Å². The molecule has 0 saturated heterocycles. The largest absolute Gasteiger partial charge is 0.458 e. The fourth-order valence-corrected chi connectivity index (χ4v) is 5.14. The van der Waals surface area contributed by atoms with Gasteiger partial charge in [-0.3, -0.25) is 9.59 Å². The first-order valence-corrected chi connectivity index (χ1v) is 15.6. The molecule has 3 amide bonds. The Morgan fingerprint density at radius 1 is 0.889 bits per heavy atom. The number of aryl methyl sites for hydroxylation is 2. The van der Waals surface area contributed by atoms with Gasteiger partial charge in [0.2, 0.25) is 11.8 Å². The maximum absolute atomic E-state index is 14.5. The van der Waals surface area contributed by atoms with E-state index in [-0.39, 0.29) is 12.5 Å². The van der Waals surface area contributed by atoms with Gasteiger partial charge in [-0.15, -0.1) is 0 Å². The number of nitrogens with one attached hydrogen (secondary N) is 2. The highest BCUT2D eigenvalue weighted by atomic mass is 16.6. The van der Waals surface area contributed by atoms with E-state index in [1.807, 2.05) is 62.4 Å². The quantitative estimate of drug-likeness (QED) is 0.310. The number of aliphatic hydroxyl groups is 1. The molecule has 10 nitrogen and oxygen atoms in total. The van der Waals surface area contributed by atoms with Crippen LogP contribution < -0.4 is 10.6 Å². The van der Waals surface area contributed by atoms with Crippen molar-refractivity contribution in [2.45, 2.75) is 116 Å².